The zero-order valence-electron chi connectivity index (χ0n) is 12.4. The molecule has 0 spiro atoms. The highest BCUT2D eigenvalue weighted by molar-refractivity contribution is 7.98. The minimum atomic E-state index is -0.358. The van der Waals surface area contributed by atoms with E-state index in [9.17, 15) is 4.79 Å². The number of hydrogen-bond acceptors (Lipinski definition) is 6. The number of benzene rings is 2. The van der Waals surface area contributed by atoms with Crippen LogP contribution in [0.5, 0.6) is 0 Å². The van der Waals surface area contributed by atoms with Gasteiger partial charge in [0.2, 0.25) is 11.8 Å². The van der Waals surface area contributed by atoms with E-state index in [-0.39, 0.29) is 5.97 Å². The van der Waals surface area contributed by atoms with Gasteiger partial charge in [-0.15, -0.1) is 22.0 Å². The number of rotatable bonds is 5. The summed E-state index contributed by atoms with van der Waals surface area (Å²) in [4.78, 5) is 12.6. The van der Waals surface area contributed by atoms with Gasteiger partial charge in [0.15, 0.2) is 0 Å². The van der Waals surface area contributed by atoms with Crippen LogP contribution in [0.15, 0.2) is 63.9 Å². The molecule has 0 unspecified atom stereocenters. The van der Waals surface area contributed by atoms with E-state index in [1.165, 1.54) is 18.9 Å². The van der Waals surface area contributed by atoms with Gasteiger partial charge in [0.05, 0.1) is 18.4 Å². The number of carbonyl (C=O) groups is 1. The summed E-state index contributed by atoms with van der Waals surface area (Å²) >= 11 is 1.46. The molecule has 0 radical (unpaired) electrons. The van der Waals surface area contributed by atoms with Crippen molar-refractivity contribution < 1.29 is 13.9 Å². The average molecular weight is 326 g/mol. The number of carbonyl (C=O) groups excluding carboxylic acids is 1. The molecule has 3 aromatic rings. The van der Waals surface area contributed by atoms with Crippen LogP contribution in [-0.2, 0) is 10.5 Å². The largest absolute Gasteiger partial charge is 0.465 e. The average Bonchev–Trinajstić information content (AvgIpc) is 3.09. The van der Waals surface area contributed by atoms with Gasteiger partial charge in [0.1, 0.15) is 0 Å². The van der Waals surface area contributed by atoms with Crippen LogP contribution >= 0.6 is 11.8 Å². The number of esters is 1. The Morgan fingerprint density at radius 3 is 2.61 bits per heavy atom. The molecule has 0 saturated heterocycles. The standard InChI is InChI=1S/C17H14N2O3S/c1-21-17(20)13-9-5-6-10-14(13)23-11-15-18-19-16(22-15)12-7-3-2-4-8-12/h2-10H,11H2,1H3. The second-order valence-corrected chi connectivity index (χ2v) is 5.66. The molecule has 0 amide bonds. The Balaban J connectivity index is 1.73. The Hall–Kier alpha value is -2.60. The summed E-state index contributed by atoms with van der Waals surface area (Å²) in [5.74, 6) is 1.12. The van der Waals surface area contributed by atoms with Crippen LogP contribution in [0.25, 0.3) is 11.5 Å². The maximum atomic E-state index is 11.7. The van der Waals surface area contributed by atoms with Crippen LogP contribution in [0.1, 0.15) is 16.2 Å². The Kier molecular flexibility index (Phi) is 4.73. The van der Waals surface area contributed by atoms with Crippen molar-refractivity contribution in [2.24, 2.45) is 0 Å². The lowest BCUT2D eigenvalue weighted by molar-refractivity contribution is 0.0597. The van der Waals surface area contributed by atoms with Crippen molar-refractivity contribution in [3.8, 4) is 11.5 Å². The van der Waals surface area contributed by atoms with E-state index in [1.54, 1.807) is 12.1 Å². The highest BCUT2D eigenvalue weighted by Crippen LogP contribution is 2.27. The van der Waals surface area contributed by atoms with Crippen LogP contribution in [0.2, 0.25) is 0 Å². The number of hydrogen-bond donors (Lipinski definition) is 0. The molecule has 0 aliphatic heterocycles. The van der Waals surface area contributed by atoms with E-state index >= 15 is 0 Å². The summed E-state index contributed by atoms with van der Waals surface area (Å²) < 4.78 is 10.4. The summed E-state index contributed by atoms with van der Waals surface area (Å²) in [6.45, 7) is 0. The monoisotopic (exact) mass is 326 g/mol. The summed E-state index contributed by atoms with van der Waals surface area (Å²) in [5, 5.41) is 8.10. The molecule has 0 saturated carbocycles. The molecule has 6 heteroatoms. The Bertz CT molecular complexity index is 802. The van der Waals surface area contributed by atoms with Crippen molar-refractivity contribution in [2.45, 2.75) is 10.6 Å². The summed E-state index contributed by atoms with van der Waals surface area (Å²) in [6, 6.07) is 16.9. The summed E-state index contributed by atoms with van der Waals surface area (Å²) in [7, 11) is 1.37. The number of aromatic nitrogens is 2. The minimum Gasteiger partial charge on any atom is -0.465 e. The zero-order valence-corrected chi connectivity index (χ0v) is 13.2. The molecule has 0 atom stereocenters. The Labute approximate surface area is 137 Å². The quantitative estimate of drug-likeness (QED) is 0.524. The molecule has 3 rings (SSSR count). The Morgan fingerprint density at radius 2 is 1.83 bits per heavy atom. The van der Waals surface area contributed by atoms with E-state index in [2.05, 4.69) is 10.2 Å². The highest BCUT2D eigenvalue weighted by atomic mass is 32.2. The number of methoxy groups -OCH3 is 1. The van der Waals surface area contributed by atoms with Crippen molar-refractivity contribution in [1.82, 2.24) is 10.2 Å². The van der Waals surface area contributed by atoms with Gasteiger partial charge in [0.25, 0.3) is 0 Å². The van der Waals surface area contributed by atoms with Gasteiger partial charge in [-0.3, -0.25) is 0 Å². The van der Waals surface area contributed by atoms with Gasteiger partial charge in [-0.1, -0.05) is 30.3 Å². The molecule has 0 aliphatic rings. The fourth-order valence-electron chi connectivity index (χ4n) is 2.02. The van der Waals surface area contributed by atoms with E-state index in [1.807, 2.05) is 42.5 Å². The van der Waals surface area contributed by atoms with E-state index in [0.29, 0.717) is 23.1 Å². The van der Waals surface area contributed by atoms with Gasteiger partial charge < -0.3 is 9.15 Å². The van der Waals surface area contributed by atoms with Crippen molar-refractivity contribution in [3.63, 3.8) is 0 Å². The molecule has 116 valence electrons. The molecule has 0 aliphatic carbocycles. The fraction of sp³-hybridized carbons (Fsp3) is 0.118. The van der Waals surface area contributed by atoms with E-state index < -0.39 is 0 Å². The topological polar surface area (TPSA) is 65.2 Å². The molecule has 0 bridgehead atoms. The van der Waals surface area contributed by atoms with Crippen LogP contribution in [0.3, 0.4) is 0 Å². The third-order valence-corrected chi connectivity index (χ3v) is 4.19. The highest BCUT2D eigenvalue weighted by Gasteiger charge is 2.13. The first kappa shape index (κ1) is 15.3. The zero-order chi connectivity index (χ0) is 16.1. The second kappa shape index (κ2) is 7.11. The molecular formula is C17H14N2O3S. The number of thioether (sulfide) groups is 1. The van der Waals surface area contributed by atoms with Crippen molar-refractivity contribution >= 4 is 17.7 Å². The summed E-state index contributed by atoms with van der Waals surface area (Å²) in [6.07, 6.45) is 0. The van der Waals surface area contributed by atoms with Crippen molar-refractivity contribution in [3.05, 3.63) is 66.1 Å². The molecule has 1 heterocycles. The first-order chi connectivity index (χ1) is 11.3. The molecule has 0 N–H and O–H groups in total. The first-order valence-electron chi connectivity index (χ1n) is 6.96. The number of ether oxygens (including phenoxy) is 1. The van der Waals surface area contributed by atoms with Gasteiger partial charge >= 0.3 is 5.97 Å². The van der Waals surface area contributed by atoms with Crippen LogP contribution < -0.4 is 0 Å². The van der Waals surface area contributed by atoms with E-state index in [0.717, 1.165) is 10.5 Å². The SMILES string of the molecule is COC(=O)c1ccccc1SCc1nnc(-c2ccccc2)o1. The summed E-state index contributed by atoms with van der Waals surface area (Å²) in [5.41, 5.74) is 1.41. The molecule has 5 nitrogen and oxygen atoms in total. The van der Waals surface area contributed by atoms with Gasteiger partial charge in [-0.2, -0.15) is 0 Å². The van der Waals surface area contributed by atoms with Gasteiger partial charge in [-0.25, -0.2) is 4.79 Å². The van der Waals surface area contributed by atoms with E-state index in [4.69, 9.17) is 9.15 Å². The predicted molar refractivity (Wildman–Crippen MR) is 87.1 cm³/mol. The lowest BCUT2D eigenvalue weighted by Gasteiger charge is -2.05. The Morgan fingerprint density at radius 1 is 1.09 bits per heavy atom. The molecule has 23 heavy (non-hydrogen) atoms. The van der Waals surface area contributed by atoms with Crippen LogP contribution in [-0.4, -0.2) is 23.3 Å². The fourth-order valence-corrected chi connectivity index (χ4v) is 2.90. The maximum Gasteiger partial charge on any atom is 0.338 e. The van der Waals surface area contributed by atoms with Crippen LogP contribution in [0, 0.1) is 0 Å². The lowest BCUT2D eigenvalue weighted by Crippen LogP contribution is -2.02. The maximum absolute atomic E-state index is 11.7. The normalized spacial score (nSPS) is 10.5. The van der Waals surface area contributed by atoms with Gasteiger partial charge in [-0.05, 0) is 24.3 Å². The second-order valence-electron chi connectivity index (χ2n) is 4.64. The predicted octanol–water partition coefficient (Wildman–Crippen LogP) is 3.82. The lowest BCUT2D eigenvalue weighted by atomic mass is 10.2. The molecule has 1 aromatic heterocycles. The smallest absolute Gasteiger partial charge is 0.338 e. The third-order valence-electron chi connectivity index (χ3n) is 3.13. The molecule has 2 aromatic carbocycles. The minimum absolute atomic E-state index is 0.358. The van der Waals surface area contributed by atoms with Gasteiger partial charge in [0, 0.05) is 10.5 Å². The van der Waals surface area contributed by atoms with Crippen LogP contribution in [0.4, 0.5) is 0 Å². The molecule has 0 fully saturated rings. The van der Waals surface area contributed by atoms with Crippen molar-refractivity contribution in [2.75, 3.05) is 7.11 Å². The third kappa shape index (κ3) is 3.60. The van der Waals surface area contributed by atoms with Crippen molar-refractivity contribution in [1.29, 1.82) is 0 Å². The first-order valence-corrected chi connectivity index (χ1v) is 7.94. The number of nitrogens with zero attached hydrogens (tertiary/aromatic N) is 2. The molecular weight excluding hydrogens is 312 g/mol.